The smallest absolute Gasteiger partial charge is 0.394 e. The van der Waals surface area contributed by atoms with Crippen LogP contribution in [-0.2, 0) is 80.4 Å². The maximum Gasteiger partial charge on any atom is 0.466 e. The Kier molecular flexibility index (Phi) is 27.3. The third-order valence-electron chi connectivity index (χ3n) is 16.9. The Labute approximate surface area is 523 Å². The van der Waals surface area contributed by atoms with Crippen molar-refractivity contribution < 1.29 is 218 Å². The zero-order valence-corrected chi connectivity index (χ0v) is 49.1. The maximum atomic E-state index is 11.4. The maximum absolute atomic E-state index is 11.4. The molecule has 2 unspecified atom stereocenters. The molecule has 0 radical (unpaired) electrons. The predicted octanol–water partition coefficient (Wildman–Crippen LogP) is -18.3. The number of aliphatic hydroxyl groups is 24. The van der Waals surface area contributed by atoms with Crippen LogP contribution in [0, 0.1) is 0 Å². The van der Waals surface area contributed by atoms with Crippen LogP contribution in [-0.4, -0.2) is 436 Å². The summed E-state index contributed by atoms with van der Waals surface area (Å²) in [6.45, 7) is -8.64. The summed E-state index contributed by atoms with van der Waals surface area (Å²) in [5, 5.41) is 265. The highest BCUT2D eigenvalue weighted by Gasteiger charge is 2.60. The minimum Gasteiger partial charge on any atom is -0.394 e. The second-order valence-electron chi connectivity index (χ2n) is 23.0. The quantitative estimate of drug-likeness (QED) is 0.100. The predicted molar refractivity (Wildman–Crippen MR) is 275 cm³/mol. The third-order valence-corrected chi connectivity index (χ3v) is 16.9. The monoisotopic (exact) mass is 1390 g/mol. The van der Waals surface area contributed by atoms with E-state index in [1.165, 1.54) is 0 Å². The molecule has 93 heavy (non-hydrogen) atoms. The average molecular weight is 1400 g/mol. The lowest BCUT2D eigenvalue weighted by Crippen LogP contribution is -2.69. The van der Waals surface area contributed by atoms with E-state index in [9.17, 15) is 123 Å². The summed E-state index contributed by atoms with van der Waals surface area (Å²) in [4.78, 5) is 21.6. The van der Waals surface area contributed by atoms with E-state index in [1.807, 2.05) is 0 Å². The number of aliphatic hydroxyl groups excluding tert-OH is 24. The molecule has 30 saturated heterocycles. The Morgan fingerprint density at radius 1 is 0.183 bits per heavy atom. The molecule has 0 spiro atoms. The number of ether oxygens (including phenoxy) is 16. The van der Waals surface area contributed by atoms with Crippen molar-refractivity contribution in [1.29, 1.82) is 0 Å². The van der Waals surface area contributed by atoms with Crippen molar-refractivity contribution >= 4 is 7.82 Å². The van der Waals surface area contributed by atoms with Crippen molar-refractivity contribution in [3.8, 4) is 0 Å². The van der Waals surface area contributed by atoms with Crippen molar-refractivity contribution in [1.82, 2.24) is 0 Å². The van der Waals surface area contributed by atoms with Crippen LogP contribution in [0.4, 0.5) is 0 Å². The van der Waals surface area contributed by atoms with E-state index >= 15 is 0 Å². The minimum absolute atomic E-state index is 1.08. The van der Waals surface area contributed by atoms with Gasteiger partial charge >= 0.3 is 7.82 Å². The van der Waals surface area contributed by atoms with E-state index in [0.29, 0.717) is 0 Å². The number of phosphoric acid groups is 1. The van der Waals surface area contributed by atoms with Crippen molar-refractivity contribution in [2.24, 2.45) is 0 Å². The first-order valence-corrected chi connectivity index (χ1v) is 30.5. The van der Waals surface area contributed by atoms with Gasteiger partial charge in [-0.15, -0.1) is 0 Å². The molecule has 544 valence electrons. The Morgan fingerprint density at radius 3 is 0.344 bits per heavy atom. The highest BCUT2D eigenvalue weighted by Crippen LogP contribution is 2.40. The molecule has 40 atom stereocenters. The largest absolute Gasteiger partial charge is 0.466 e. The molecular weight excluding hydrogens is 1310 g/mol. The molecule has 27 N–H and O–H groups in total. The van der Waals surface area contributed by atoms with Gasteiger partial charge in [0.1, 0.15) is 195 Å². The Balaban J connectivity index is 0.00000214. The summed E-state index contributed by atoms with van der Waals surface area (Å²) in [6, 6.07) is 0. The zero-order valence-electron chi connectivity index (χ0n) is 48.2. The summed E-state index contributed by atoms with van der Waals surface area (Å²) >= 11 is 0. The number of hydrogen-bond acceptors (Lipinski definition) is 41. The normalized spacial score (nSPS) is 53.0. The lowest BCUT2D eigenvalue weighted by Gasteiger charge is -2.50. The molecule has 30 aliphatic rings. The second kappa shape index (κ2) is 32.9. The van der Waals surface area contributed by atoms with Gasteiger partial charge in [0.15, 0.2) is 50.3 Å². The summed E-state index contributed by atoms with van der Waals surface area (Å²) < 4.78 is 99.9. The van der Waals surface area contributed by atoms with E-state index in [-0.39, 0.29) is 0 Å². The molecule has 45 heteroatoms. The molecule has 0 aromatic rings. The summed E-state index contributed by atoms with van der Waals surface area (Å²) in [6.07, 6.45) is -82.0. The Hall–Kier alpha value is -1.49. The van der Waals surface area contributed by atoms with E-state index in [4.69, 9.17) is 95.0 Å². The molecular formula is C48H83O44P. The standard InChI is InChI=1S/C48H80O40.H3O4P/c49-1-9-33-17(57)25(65)41(73-9)82-34-10(2-50)75-43(27(67)19(34)59)84-36-12(4-52)77-45(29(69)21(36)61)86-38-14(6-54)79-47(31(71)23(38)63)88-40-16(8-56)80-48(32(72)24(40)64)87-39-15(7-55)78-46(30(70)22(39)62)85-37-13(5-53)76-44(28(68)20(37)60)83-35-11(3-51)74-42(81-33)26(66)18(35)58;1-5(2,3)4/h9-72H,1-8H2;(H3,1,2,3,4)/t9-,10-,11-,12-,13-,14-,15?,16?,17-,18-,19-,20-,21-,22-,23-,24-,25-,26-,27-,28-,29-,30-,31-,32-,33-,34-,35-,36-,37-,38-,39-,40-,41-,42-,43-,44-,45-,46-,47-,48-;/m1./s1. The fourth-order valence-corrected chi connectivity index (χ4v) is 11.9. The molecule has 30 aliphatic heterocycles. The SMILES string of the molecule is O=P(O)(O)O.OCC1O[C@@H]2O[C@@H]3C(CO)O[C@H](O[C@H]4[C@H](O)[C@@H](O)[C@@H](O[C@H]5[C@H](O)[C@@H](O)[C@@H](O[C@H]6[C@H](O)[C@@H](O)[C@@H](O[C@H]7[C@H](O)[C@@H](O)[C@@H](O[C@H]8[C@H](O)[C@@H](O)[C@@H](O[C@H]9[C@H](O)[C@@H](O)[C@@H](O[C@H]1[C@H](O)[C@H]2O)O[C@@H]9CO)O[C@@H]8CO)O[C@@H]7CO)O[C@@H]6CO)O[C@@H]5CO)O[C@@H]4CO)[C@H](O)[C@H]3O. The van der Waals surface area contributed by atoms with Gasteiger partial charge in [-0.05, 0) is 0 Å². The zero-order chi connectivity index (χ0) is 68.6. The molecule has 44 nitrogen and oxygen atoms in total. The summed E-state index contributed by atoms with van der Waals surface area (Å²) in [5.74, 6) is 0. The van der Waals surface area contributed by atoms with Gasteiger partial charge in [0.05, 0.1) is 52.9 Å². The first-order chi connectivity index (χ1) is 43.9. The lowest BCUT2D eigenvalue weighted by atomic mass is 9.94. The molecule has 0 aliphatic carbocycles. The van der Waals surface area contributed by atoms with Gasteiger partial charge in [-0.1, -0.05) is 0 Å². The van der Waals surface area contributed by atoms with Gasteiger partial charge in [-0.25, -0.2) is 4.57 Å². The lowest BCUT2D eigenvalue weighted by molar-refractivity contribution is -0.404. The van der Waals surface area contributed by atoms with Crippen LogP contribution in [0.5, 0.6) is 0 Å². The highest BCUT2D eigenvalue weighted by atomic mass is 31.2. The number of hydrogen-bond donors (Lipinski definition) is 27. The van der Waals surface area contributed by atoms with Crippen LogP contribution >= 0.6 is 7.82 Å². The van der Waals surface area contributed by atoms with Gasteiger partial charge in [0.2, 0.25) is 0 Å². The van der Waals surface area contributed by atoms with E-state index in [2.05, 4.69) is 0 Å². The third kappa shape index (κ3) is 16.6. The van der Waals surface area contributed by atoms with Crippen LogP contribution in [0.1, 0.15) is 0 Å². The minimum atomic E-state index is -4.64. The van der Waals surface area contributed by atoms with E-state index in [1.54, 1.807) is 0 Å². The van der Waals surface area contributed by atoms with Crippen molar-refractivity contribution in [2.45, 2.75) is 246 Å². The van der Waals surface area contributed by atoms with Gasteiger partial charge in [0.25, 0.3) is 0 Å². The molecule has 0 amide bonds. The molecule has 0 aromatic heterocycles. The summed E-state index contributed by atoms with van der Waals surface area (Å²) in [7, 11) is -4.64. The average Bonchev–Trinajstić information content (AvgIpc) is 0.785. The summed E-state index contributed by atoms with van der Waals surface area (Å²) in [5.41, 5.74) is 0. The van der Waals surface area contributed by atoms with Crippen molar-refractivity contribution in [3.63, 3.8) is 0 Å². The van der Waals surface area contributed by atoms with Crippen LogP contribution in [0.3, 0.4) is 0 Å². The molecule has 30 rings (SSSR count). The van der Waals surface area contributed by atoms with Crippen molar-refractivity contribution in [3.05, 3.63) is 0 Å². The van der Waals surface area contributed by atoms with Crippen LogP contribution in [0.2, 0.25) is 0 Å². The Bertz CT molecular complexity index is 1870. The first-order valence-electron chi connectivity index (χ1n) is 28.9. The Morgan fingerprint density at radius 2 is 0.269 bits per heavy atom. The second-order valence-corrected chi connectivity index (χ2v) is 24.0. The topological polar surface area (TPSA) is 711 Å². The molecule has 16 bridgehead atoms. The first kappa shape index (κ1) is 77.3. The molecule has 30 heterocycles. The highest BCUT2D eigenvalue weighted by molar-refractivity contribution is 7.45. The van der Waals surface area contributed by atoms with E-state index < -0.39 is 306 Å². The van der Waals surface area contributed by atoms with Gasteiger partial charge in [-0.3, -0.25) is 0 Å². The van der Waals surface area contributed by atoms with Gasteiger partial charge in [0, 0.05) is 0 Å². The van der Waals surface area contributed by atoms with Gasteiger partial charge < -0.3 is 213 Å². The fraction of sp³-hybridized carbons (Fsp3) is 1.00. The van der Waals surface area contributed by atoms with Crippen molar-refractivity contribution in [2.75, 3.05) is 52.9 Å². The molecule has 0 aromatic carbocycles. The molecule has 30 fully saturated rings. The van der Waals surface area contributed by atoms with Gasteiger partial charge in [-0.2, -0.15) is 0 Å². The molecule has 0 saturated carbocycles. The fourth-order valence-electron chi connectivity index (χ4n) is 11.9. The van der Waals surface area contributed by atoms with Crippen LogP contribution in [0.15, 0.2) is 0 Å². The van der Waals surface area contributed by atoms with E-state index in [0.717, 1.165) is 0 Å². The van der Waals surface area contributed by atoms with Crippen LogP contribution < -0.4 is 0 Å². The number of rotatable bonds is 8. The van der Waals surface area contributed by atoms with Crippen LogP contribution in [0.25, 0.3) is 0 Å².